The Labute approximate surface area is 94.5 Å². The quantitative estimate of drug-likeness (QED) is 0.735. The monoisotopic (exact) mass is 221 g/mol. The summed E-state index contributed by atoms with van der Waals surface area (Å²) in [5.74, 6) is 0.888. The minimum absolute atomic E-state index is 0.292. The van der Waals surface area contributed by atoms with Crippen molar-refractivity contribution in [3.63, 3.8) is 0 Å². The lowest BCUT2D eigenvalue weighted by molar-refractivity contribution is 0.264. The predicted molar refractivity (Wildman–Crippen MR) is 59.9 cm³/mol. The van der Waals surface area contributed by atoms with Crippen molar-refractivity contribution in [2.45, 2.75) is 12.2 Å². The first kappa shape index (κ1) is 9.93. The van der Waals surface area contributed by atoms with E-state index in [1.54, 1.807) is 0 Å². The third-order valence-corrected chi connectivity index (χ3v) is 2.64. The number of nitrogens with one attached hydrogen (secondary N) is 1. The van der Waals surface area contributed by atoms with Gasteiger partial charge in [-0.05, 0) is 12.1 Å². The van der Waals surface area contributed by atoms with Gasteiger partial charge in [-0.2, -0.15) is 0 Å². The summed E-state index contributed by atoms with van der Waals surface area (Å²) in [7, 11) is 0. The molecule has 2 atom stereocenters. The van der Waals surface area contributed by atoms with Crippen molar-refractivity contribution in [2.24, 2.45) is 0 Å². The largest absolute Gasteiger partial charge is 0.489 e. The Hall–Kier alpha value is -1.26. The van der Waals surface area contributed by atoms with Crippen molar-refractivity contribution in [1.29, 1.82) is 0 Å². The van der Waals surface area contributed by atoms with Gasteiger partial charge in [-0.25, -0.2) is 0 Å². The second-order valence-electron chi connectivity index (χ2n) is 4.10. The molecule has 2 unspecified atom stereocenters. The van der Waals surface area contributed by atoms with E-state index in [0.29, 0.717) is 18.8 Å². The third kappa shape index (κ3) is 2.65. The summed E-state index contributed by atoms with van der Waals surface area (Å²) in [6.45, 7) is 3.18. The fraction of sp³-hybridized carbons (Fsp3) is 0.500. The summed E-state index contributed by atoms with van der Waals surface area (Å²) in [5.41, 5.74) is 1.03. The highest BCUT2D eigenvalue weighted by Crippen LogP contribution is 2.25. The highest BCUT2D eigenvalue weighted by molar-refractivity contribution is 5.56. The molecule has 4 heteroatoms. The molecule has 0 aliphatic carbocycles. The molecule has 1 N–H and O–H groups in total. The van der Waals surface area contributed by atoms with Crippen LogP contribution in [0.1, 0.15) is 0 Å². The SMILES string of the molecule is c1ccc(OCC2CO2)c(NCC2CO2)c1. The van der Waals surface area contributed by atoms with Gasteiger partial charge in [0.1, 0.15) is 18.5 Å². The van der Waals surface area contributed by atoms with Crippen molar-refractivity contribution in [3.8, 4) is 5.75 Å². The fourth-order valence-corrected chi connectivity index (χ4v) is 1.50. The van der Waals surface area contributed by atoms with E-state index >= 15 is 0 Å². The van der Waals surface area contributed by atoms with E-state index in [2.05, 4.69) is 5.32 Å². The minimum atomic E-state index is 0.292. The Morgan fingerprint density at radius 1 is 1.19 bits per heavy atom. The van der Waals surface area contributed by atoms with Gasteiger partial charge in [-0.15, -0.1) is 0 Å². The summed E-state index contributed by atoms with van der Waals surface area (Å²) in [4.78, 5) is 0. The normalized spacial score (nSPS) is 26.2. The molecule has 2 saturated heterocycles. The summed E-state index contributed by atoms with van der Waals surface area (Å²) >= 11 is 0. The molecule has 0 radical (unpaired) electrons. The van der Waals surface area contributed by atoms with Crippen molar-refractivity contribution in [1.82, 2.24) is 0 Å². The third-order valence-electron chi connectivity index (χ3n) is 2.64. The lowest BCUT2D eigenvalue weighted by atomic mass is 10.3. The van der Waals surface area contributed by atoms with Crippen LogP contribution in [0, 0.1) is 0 Å². The van der Waals surface area contributed by atoms with Gasteiger partial charge >= 0.3 is 0 Å². The molecule has 2 fully saturated rings. The lowest BCUT2D eigenvalue weighted by Gasteiger charge is -2.11. The molecule has 0 saturated carbocycles. The number of ether oxygens (including phenoxy) is 3. The number of para-hydroxylation sites is 2. The molecule has 16 heavy (non-hydrogen) atoms. The molecule has 0 amide bonds. The number of benzene rings is 1. The van der Waals surface area contributed by atoms with Crippen LogP contribution in [-0.4, -0.2) is 38.6 Å². The van der Waals surface area contributed by atoms with Gasteiger partial charge in [0, 0.05) is 6.54 Å². The minimum Gasteiger partial charge on any atom is -0.489 e. The van der Waals surface area contributed by atoms with Gasteiger partial charge in [0.15, 0.2) is 0 Å². The van der Waals surface area contributed by atoms with Gasteiger partial charge in [0.25, 0.3) is 0 Å². The van der Waals surface area contributed by atoms with Crippen molar-refractivity contribution >= 4 is 5.69 Å². The van der Waals surface area contributed by atoms with Crippen LogP contribution >= 0.6 is 0 Å². The molecular weight excluding hydrogens is 206 g/mol. The van der Waals surface area contributed by atoms with E-state index in [0.717, 1.165) is 31.2 Å². The summed E-state index contributed by atoms with van der Waals surface area (Å²) in [6.07, 6.45) is 0.666. The molecule has 0 aromatic heterocycles. The van der Waals surface area contributed by atoms with Gasteiger partial charge in [-0.1, -0.05) is 12.1 Å². The van der Waals surface area contributed by atoms with Gasteiger partial charge in [0.2, 0.25) is 0 Å². The van der Waals surface area contributed by atoms with Crippen molar-refractivity contribution < 1.29 is 14.2 Å². The van der Waals surface area contributed by atoms with Crippen LogP contribution in [0.15, 0.2) is 24.3 Å². The zero-order chi connectivity index (χ0) is 10.8. The molecule has 1 aromatic rings. The van der Waals surface area contributed by atoms with Crippen molar-refractivity contribution in [2.75, 3.05) is 31.7 Å². The first-order chi connectivity index (χ1) is 7.92. The van der Waals surface area contributed by atoms with Gasteiger partial charge in [-0.3, -0.25) is 0 Å². The van der Waals surface area contributed by atoms with Crippen LogP contribution in [0.4, 0.5) is 5.69 Å². The van der Waals surface area contributed by atoms with E-state index in [9.17, 15) is 0 Å². The number of rotatable bonds is 6. The summed E-state index contributed by atoms with van der Waals surface area (Å²) < 4.78 is 16.0. The van der Waals surface area contributed by atoms with Crippen LogP contribution in [0.25, 0.3) is 0 Å². The molecule has 0 bridgehead atoms. The predicted octanol–water partition coefficient (Wildman–Crippen LogP) is 1.27. The first-order valence-corrected chi connectivity index (χ1v) is 5.61. The molecule has 3 rings (SSSR count). The summed E-state index contributed by atoms with van der Waals surface area (Å²) in [6, 6.07) is 7.96. The topological polar surface area (TPSA) is 46.3 Å². The smallest absolute Gasteiger partial charge is 0.142 e. The van der Waals surface area contributed by atoms with Crippen molar-refractivity contribution in [3.05, 3.63) is 24.3 Å². The second kappa shape index (κ2) is 4.31. The number of epoxide rings is 2. The molecule has 4 nitrogen and oxygen atoms in total. The zero-order valence-corrected chi connectivity index (χ0v) is 9.02. The Balaban J connectivity index is 1.58. The molecular formula is C12H15NO3. The van der Waals surface area contributed by atoms with E-state index in [-0.39, 0.29) is 0 Å². The van der Waals surface area contributed by atoms with Crippen LogP contribution in [0.3, 0.4) is 0 Å². The molecule has 2 aliphatic rings. The fourth-order valence-electron chi connectivity index (χ4n) is 1.50. The molecule has 2 heterocycles. The van der Waals surface area contributed by atoms with E-state index in [4.69, 9.17) is 14.2 Å². The number of hydrogen-bond donors (Lipinski definition) is 1. The average Bonchev–Trinajstić information content (AvgIpc) is 3.17. The van der Waals surface area contributed by atoms with E-state index < -0.39 is 0 Å². The van der Waals surface area contributed by atoms with Crippen LogP contribution in [0.5, 0.6) is 5.75 Å². The van der Waals surface area contributed by atoms with Crippen LogP contribution in [-0.2, 0) is 9.47 Å². The Bertz CT molecular complexity index is 326. The van der Waals surface area contributed by atoms with Gasteiger partial charge < -0.3 is 19.5 Å². The average molecular weight is 221 g/mol. The molecule has 1 aromatic carbocycles. The standard InChI is InChI=1S/C12H15NO3/c1-2-4-12(16-8-10-7-15-10)11(3-1)13-5-9-6-14-9/h1-4,9-10,13H,5-8H2. The van der Waals surface area contributed by atoms with E-state index in [1.807, 2.05) is 24.3 Å². The molecule has 0 spiro atoms. The Kier molecular flexibility index (Phi) is 2.68. The van der Waals surface area contributed by atoms with Crippen LogP contribution in [0.2, 0.25) is 0 Å². The Morgan fingerprint density at radius 3 is 2.69 bits per heavy atom. The van der Waals surface area contributed by atoms with Gasteiger partial charge in [0.05, 0.1) is 25.0 Å². The highest BCUT2D eigenvalue weighted by atomic mass is 16.6. The second-order valence-corrected chi connectivity index (χ2v) is 4.10. The first-order valence-electron chi connectivity index (χ1n) is 5.61. The highest BCUT2D eigenvalue weighted by Gasteiger charge is 2.24. The number of hydrogen-bond acceptors (Lipinski definition) is 4. The Morgan fingerprint density at radius 2 is 1.94 bits per heavy atom. The number of anilines is 1. The maximum Gasteiger partial charge on any atom is 0.142 e. The van der Waals surface area contributed by atoms with E-state index in [1.165, 1.54) is 0 Å². The van der Waals surface area contributed by atoms with Crippen LogP contribution < -0.4 is 10.1 Å². The lowest BCUT2D eigenvalue weighted by Crippen LogP contribution is -2.10. The zero-order valence-electron chi connectivity index (χ0n) is 9.02. The summed E-state index contributed by atoms with van der Waals surface area (Å²) in [5, 5.41) is 3.33. The molecule has 2 aliphatic heterocycles. The molecule has 86 valence electrons. The maximum atomic E-state index is 5.69. The maximum absolute atomic E-state index is 5.69.